The van der Waals surface area contributed by atoms with Gasteiger partial charge in [-0.2, -0.15) is 0 Å². The van der Waals surface area contributed by atoms with Crippen LogP contribution in [0.3, 0.4) is 0 Å². The van der Waals surface area contributed by atoms with Crippen LogP contribution in [-0.4, -0.2) is 35.2 Å². The van der Waals surface area contributed by atoms with Crippen molar-refractivity contribution >= 4 is 11.9 Å². The molecule has 0 aromatic carbocycles. The highest BCUT2D eigenvalue weighted by atomic mass is 16.4. The van der Waals surface area contributed by atoms with Gasteiger partial charge in [-0.1, -0.05) is 19.3 Å². The van der Waals surface area contributed by atoms with Gasteiger partial charge in [0.15, 0.2) is 0 Å². The third kappa shape index (κ3) is 3.32. The maximum Gasteiger partial charge on any atom is 0.310 e. The van der Waals surface area contributed by atoms with E-state index in [1.54, 1.807) is 0 Å². The van der Waals surface area contributed by atoms with Crippen LogP contribution in [0.5, 0.6) is 0 Å². The Labute approximate surface area is 119 Å². The number of aliphatic hydroxyl groups excluding tert-OH is 1. The Morgan fingerprint density at radius 1 is 1.10 bits per heavy atom. The third-order valence-electron chi connectivity index (χ3n) is 5.13. The topological polar surface area (TPSA) is 86.6 Å². The molecule has 2 aliphatic carbocycles. The summed E-state index contributed by atoms with van der Waals surface area (Å²) in [6.07, 6.45) is 6.27. The number of hydrogen-bond donors (Lipinski definition) is 3. The Kier molecular flexibility index (Phi) is 5.02. The number of aliphatic hydroxyl groups is 1. The molecule has 2 aliphatic rings. The van der Waals surface area contributed by atoms with E-state index >= 15 is 0 Å². The number of amides is 1. The van der Waals surface area contributed by atoms with Crippen molar-refractivity contribution in [1.29, 1.82) is 0 Å². The van der Waals surface area contributed by atoms with Crippen molar-refractivity contribution in [2.24, 2.45) is 17.3 Å². The van der Waals surface area contributed by atoms with E-state index in [0.29, 0.717) is 25.3 Å². The van der Waals surface area contributed by atoms with E-state index in [0.717, 1.165) is 32.1 Å². The minimum absolute atomic E-state index is 0.0961. The maximum absolute atomic E-state index is 12.0. The number of carbonyl (C=O) groups is 2. The summed E-state index contributed by atoms with van der Waals surface area (Å²) in [6.45, 7) is 0.749. The first kappa shape index (κ1) is 15.3. The summed E-state index contributed by atoms with van der Waals surface area (Å²) in [6, 6.07) is 0. The van der Waals surface area contributed by atoms with E-state index in [4.69, 9.17) is 0 Å². The summed E-state index contributed by atoms with van der Waals surface area (Å²) in [5.41, 5.74) is -0.837. The third-order valence-corrected chi connectivity index (χ3v) is 5.13. The highest BCUT2D eigenvalue weighted by molar-refractivity contribution is 5.85. The molecule has 5 nitrogen and oxygen atoms in total. The monoisotopic (exact) mass is 283 g/mol. The van der Waals surface area contributed by atoms with E-state index in [9.17, 15) is 19.8 Å². The molecule has 0 bridgehead atoms. The predicted octanol–water partition coefficient (Wildman–Crippen LogP) is 1.55. The van der Waals surface area contributed by atoms with Crippen LogP contribution in [-0.2, 0) is 9.59 Å². The van der Waals surface area contributed by atoms with Crippen LogP contribution in [0.2, 0.25) is 0 Å². The van der Waals surface area contributed by atoms with Crippen LogP contribution in [0.1, 0.15) is 51.4 Å². The van der Waals surface area contributed by atoms with E-state index in [-0.39, 0.29) is 24.9 Å². The molecule has 0 heterocycles. The first-order valence-electron chi connectivity index (χ1n) is 7.68. The van der Waals surface area contributed by atoms with Crippen LogP contribution in [0, 0.1) is 17.3 Å². The van der Waals surface area contributed by atoms with Gasteiger partial charge in [0, 0.05) is 19.6 Å². The molecule has 3 N–H and O–H groups in total. The minimum Gasteiger partial charge on any atom is -0.481 e. The number of carbonyl (C=O) groups excluding carboxylic acids is 1. The van der Waals surface area contributed by atoms with Gasteiger partial charge >= 0.3 is 5.97 Å². The van der Waals surface area contributed by atoms with Crippen LogP contribution >= 0.6 is 0 Å². The Morgan fingerprint density at radius 3 is 2.35 bits per heavy atom. The minimum atomic E-state index is -0.837. The van der Waals surface area contributed by atoms with Crippen LogP contribution in [0.15, 0.2) is 0 Å². The molecule has 2 fully saturated rings. The Morgan fingerprint density at radius 2 is 1.75 bits per heavy atom. The molecule has 2 atom stereocenters. The van der Waals surface area contributed by atoms with E-state index < -0.39 is 11.4 Å². The van der Waals surface area contributed by atoms with Gasteiger partial charge in [-0.3, -0.25) is 9.59 Å². The van der Waals surface area contributed by atoms with Gasteiger partial charge in [0.25, 0.3) is 0 Å². The lowest BCUT2D eigenvalue weighted by atomic mass is 9.82. The average molecular weight is 283 g/mol. The lowest BCUT2D eigenvalue weighted by Crippen LogP contribution is -2.38. The van der Waals surface area contributed by atoms with Crippen LogP contribution in [0.25, 0.3) is 0 Å². The van der Waals surface area contributed by atoms with Gasteiger partial charge in [0.1, 0.15) is 0 Å². The van der Waals surface area contributed by atoms with Crippen molar-refractivity contribution in [3.8, 4) is 0 Å². The fourth-order valence-electron chi connectivity index (χ4n) is 3.76. The molecule has 2 unspecified atom stereocenters. The first-order valence-corrected chi connectivity index (χ1v) is 7.68. The normalized spacial score (nSPS) is 28.4. The lowest BCUT2D eigenvalue weighted by molar-refractivity contribution is -0.151. The molecule has 0 aromatic rings. The highest BCUT2D eigenvalue weighted by Crippen LogP contribution is 2.41. The fourth-order valence-corrected chi connectivity index (χ4v) is 3.76. The molecule has 2 rings (SSSR count). The molecule has 2 saturated carbocycles. The quantitative estimate of drug-likeness (QED) is 0.690. The molecule has 0 aromatic heterocycles. The number of hydrogen-bond acceptors (Lipinski definition) is 3. The largest absolute Gasteiger partial charge is 0.481 e. The molecular weight excluding hydrogens is 258 g/mol. The highest BCUT2D eigenvalue weighted by Gasteiger charge is 2.43. The van der Waals surface area contributed by atoms with Crippen LogP contribution in [0.4, 0.5) is 0 Å². The zero-order valence-electron chi connectivity index (χ0n) is 11.9. The smallest absolute Gasteiger partial charge is 0.310 e. The molecule has 0 aliphatic heterocycles. The second-order valence-electron chi connectivity index (χ2n) is 6.41. The maximum atomic E-state index is 12.0. The Bertz CT molecular complexity index is 363. The summed E-state index contributed by atoms with van der Waals surface area (Å²) in [7, 11) is 0. The van der Waals surface area contributed by atoms with E-state index in [2.05, 4.69) is 5.32 Å². The number of nitrogens with one attached hydrogen (secondary N) is 1. The molecular formula is C15H25NO4. The molecule has 114 valence electrons. The summed E-state index contributed by atoms with van der Waals surface area (Å²) in [5, 5.41) is 21.5. The van der Waals surface area contributed by atoms with Gasteiger partial charge in [-0.25, -0.2) is 0 Å². The molecule has 1 amide bonds. The summed E-state index contributed by atoms with van der Waals surface area (Å²) < 4.78 is 0. The zero-order chi connectivity index (χ0) is 14.6. The average Bonchev–Trinajstić information content (AvgIpc) is 3.05. The number of rotatable bonds is 6. The fraction of sp³-hybridized carbons (Fsp3) is 0.867. The molecule has 0 saturated heterocycles. The second kappa shape index (κ2) is 6.57. The standard InChI is InChI=1S/C15H25NO4/c17-10-12-5-3-4-11(12)9-16-13(18)8-15(14(19)20)6-1-2-7-15/h11-12,17H,1-10H2,(H,16,18)(H,19,20). The van der Waals surface area contributed by atoms with Crippen molar-refractivity contribution in [3.63, 3.8) is 0 Å². The van der Waals surface area contributed by atoms with E-state index in [1.165, 1.54) is 0 Å². The van der Waals surface area contributed by atoms with Crippen molar-refractivity contribution in [3.05, 3.63) is 0 Å². The predicted molar refractivity (Wildman–Crippen MR) is 74.1 cm³/mol. The van der Waals surface area contributed by atoms with Gasteiger partial charge in [0.2, 0.25) is 5.91 Å². The number of carboxylic acid groups (broad SMARTS) is 1. The Balaban J connectivity index is 1.81. The van der Waals surface area contributed by atoms with Crippen molar-refractivity contribution < 1.29 is 19.8 Å². The SMILES string of the molecule is O=C(CC1(C(=O)O)CCCC1)NCC1CCCC1CO. The lowest BCUT2D eigenvalue weighted by Gasteiger charge is -2.24. The molecule has 0 spiro atoms. The van der Waals surface area contributed by atoms with Crippen molar-refractivity contribution in [2.45, 2.75) is 51.4 Å². The van der Waals surface area contributed by atoms with E-state index in [1.807, 2.05) is 0 Å². The van der Waals surface area contributed by atoms with Crippen molar-refractivity contribution in [2.75, 3.05) is 13.2 Å². The molecule has 5 heteroatoms. The summed E-state index contributed by atoms with van der Waals surface area (Å²) in [5.74, 6) is -0.360. The summed E-state index contributed by atoms with van der Waals surface area (Å²) in [4.78, 5) is 23.4. The number of carboxylic acids is 1. The second-order valence-corrected chi connectivity index (χ2v) is 6.41. The molecule has 20 heavy (non-hydrogen) atoms. The van der Waals surface area contributed by atoms with Crippen LogP contribution < -0.4 is 5.32 Å². The number of aliphatic carboxylic acids is 1. The van der Waals surface area contributed by atoms with Crippen molar-refractivity contribution in [1.82, 2.24) is 5.32 Å². The Hall–Kier alpha value is -1.10. The zero-order valence-corrected chi connectivity index (χ0v) is 11.9. The van der Waals surface area contributed by atoms with Gasteiger partial charge in [0.05, 0.1) is 5.41 Å². The van der Waals surface area contributed by atoms with Gasteiger partial charge in [-0.05, 0) is 37.5 Å². The molecule has 0 radical (unpaired) electrons. The van der Waals surface area contributed by atoms with Gasteiger partial charge in [-0.15, -0.1) is 0 Å². The summed E-state index contributed by atoms with van der Waals surface area (Å²) >= 11 is 0. The first-order chi connectivity index (χ1) is 9.57. The van der Waals surface area contributed by atoms with Gasteiger partial charge < -0.3 is 15.5 Å².